The normalized spacial score (nSPS) is 21.9. The van der Waals surface area contributed by atoms with E-state index in [-0.39, 0.29) is 0 Å². The average Bonchev–Trinajstić information content (AvgIpc) is 2.93. The largest absolute Gasteiger partial charge is 0.353 e. The van der Waals surface area contributed by atoms with Gasteiger partial charge in [0.2, 0.25) is 5.95 Å². The number of nitrogens with zero attached hydrogens (tertiary/aromatic N) is 2. The van der Waals surface area contributed by atoms with Crippen LogP contribution in [-0.4, -0.2) is 15.6 Å². The van der Waals surface area contributed by atoms with Gasteiger partial charge in [-0.25, -0.2) is 4.98 Å². The molecule has 3 nitrogen and oxygen atoms in total. The first-order valence-corrected chi connectivity index (χ1v) is 6.79. The Bertz CT molecular complexity index is 569. The van der Waals surface area contributed by atoms with E-state index in [4.69, 9.17) is 0 Å². The summed E-state index contributed by atoms with van der Waals surface area (Å²) in [5.41, 5.74) is 2.96. The molecule has 1 heterocycles. The lowest BCUT2D eigenvalue weighted by molar-refractivity contribution is 0.584. The Hall–Kier alpha value is -1.77. The molecule has 18 heavy (non-hydrogen) atoms. The lowest BCUT2D eigenvalue weighted by atomic mass is 10.1. The van der Waals surface area contributed by atoms with E-state index in [0.717, 1.165) is 5.95 Å². The standard InChI is InChI=1S/C15H17N3/c1-2-4-13-11(3-1)5-8-14(13)18-10-9-16-15(18)17-12-6-7-12/h1-4,9-10,12,14H,5-8H2,(H,16,17). The summed E-state index contributed by atoms with van der Waals surface area (Å²) in [6.45, 7) is 0. The molecule has 0 radical (unpaired) electrons. The second-order valence-corrected chi connectivity index (χ2v) is 5.33. The molecule has 1 N–H and O–H groups in total. The Morgan fingerprint density at radius 1 is 1.17 bits per heavy atom. The maximum absolute atomic E-state index is 4.47. The number of nitrogens with one attached hydrogen (secondary N) is 1. The fourth-order valence-electron chi connectivity index (χ4n) is 2.91. The van der Waals surface area contributed by atoms with Crippen LogP contribution in [0, 0.1) is 0 Å². The van der Waals surface area contributed by atoms with Gasteiger partial charge in [-0.15, -0.1) is 0 Å². The number of aryl methyl sites for hydroxylation is 1. The minimum atomic E-state index is 0.463. The molecule has 92 valence electrons. The van der Waals surface area contributed by atoms with Crippen LogP contribution in [0.15, 0.2) is 36.7 Å². The minimum absolute atomic E-state index is 0.463. The number of hydrogen-bond donors (Lipinski definition) is 1. The van der Waals surface area contributed by atoms with Crippen LogP contribution in [-0.2, 0) is 6.42 Å². The van der Waals surface area contributed by atoms with Crippen LogP contribution >= 0.6 is 0 Å². The molecule has 3 heteroatoms. The van der Waals surface area contributed by atoms with Crippen molar-refractivity contribution < 1.29 is 0 Å². The third-order valence-electron chi connectivity index (χ3n) is 4.02. The smallest absolute Gasteiger partial charge is 0.203 e. The molecule has 1 aromatic heterocycles. The highest BCUT2D eigenvalue weighted by Crippen LogP contribution is 2.36. The molecule has 0 bridgehead atoms. The van der Waals surface area contributed by atoms with Crippen molar-refractivity contribution in [1.29, 1.82) is 0 Å². The van der Waals surface area contributed by atoms with Crippen molar-refractivity contribution in [3.8, 4) is 0 Å². The third-order valence-corrected chi connectivity index (χ3v) is 4.02. The Kier molecular flexibility index (Phi) is 2.19. The first-order chi connectivity index (χ1) is 8.92. The fourth-order valence-corrected chi connectivity index (χ4v) is 2.91. The molecule has 4 rings (SSSR count). The molecule has 1 fully saturated rings. The van der Waals surface area contributed by atoms with Gasteiger partial charge in [0, 0.05) is 18.4 Å². The summed E-state index contributed by atoms with van der Waals surface area (Å²) in [6.07, 6.45) is 8.96. The van der Waals surface area contributed by atoms with E-state index in [0.29, 0.717) is 12.1 Å². The van der Waals surface area contributed by atoms with Crippen LogP contribution in [0.2, 0.25) is 0 Å². The van der Waals surface area contributed by atoms with E-state index in [9.17, 15) is 0 Å². The van der Waals surface area contributed by atoms with Crippen molar-refractivity contribution in [2.24, 2.45) is 0 Å². The zero-order valence-corrected chi connectivity index (χ0v) is 10.3. The quantitative estimate of drug-likeness (QED) is 0.892. The predicted molar refractivity (Wildman–Crippen MR) is 71.8 cm³/mol. The van der Waals surface area contributed by atoms with Crippen molar-refractivity contribution in [1.82, 2.24) is 9.55 Å². The number of fused-ring (bicyclic) bond motifs is 1. The van der Waals surface area contributed by atoms with Crippen LogP contribution in [0.4, 0.5) is 5.95 Å². The van der Waals surface area contributed by atoms with Crippen LogP contribution < -0.4 is 5.32 Å². The summed E-state index contributed by atoms with van der Waals surface area (Å²) in [7, 11) is 0. The lowest BCUT2D eigenvalue weighted by Crippen LogP contribution is -2.13. The van der Waals surface area contributed by atoms with E-state index >= 15 is 0 Å². The number of anilines is 1. The zero-order valence-electron chi connectivity index (χ0n) is 10.3. The number of rotatable bonds is 3. The Balaban J connectivity index is 1.69. The van der Waals surface area contributed by atoms with E-state index in [2.05, 4.69) is 45.3 Å². The number of benzene rings is 1. The molecular weight excluding hydrogens is 222 g/mol. The molecule has 1 atom stereocenters. The summed E-state index contributed by atoms with van der Waals surface area (Å²) >= 11 is 0. The summed E-state index contributed by atoms with van der Waals surface area (Å²) in [6, 6.07) is 9.90. The van der Waals surface area contributed by atoms with Crippen LogP contribution in [0.1, 0.15) is 36.4 Å². The van der Waals surface area contributed by atoms with Crippen molar-refractivity contribution in [3.63, 3.8) is 0 Å². The highest BCUT2D eigenvalue weighted by Gasteiger charge is 2.27. The molecule has 2 aliphatic carbocycles. The maximum Gasteiger partial charge on any atom is 0.203 e. The summed E-state index contributed by atoms with van der Waals surface area (Å²) in [4.78, 5) is 4.47. The van der Waals surface area contributed by atoms with Gasteiger partial charge in [0.25, 0.3) is 0 Å². The second-order valence-electron chi connectivity index (χ2n) is 5.33. The van der Waals surface area contributed by atoms with Crippen LogP contribution in [0.3, 0.4) is 0 Å². The number of hydrogen-bond acceptors (Lipinski definition) is 2. The van der Waals surface area contributed by atoms with Gasteiger partial charge < -0.3 is 9.88 Å². The Labute approximate surface area is 107 Å². The van der Waals surface area contributed by atoms with Crippen LogP contribution in [0.5, 0.6) is 0 Å². The van der Waals surface area contributed by atoms with Crippen molar-refractivity contribution in [2.45, 2.75) is 37.8 Å². The number of imidazole rings is 1. The molecule has 2 aromatic rings. The minimum Gasteiger partial charge on any atom is -0.353 e. The average molecular weight is 239 g/mol. The van der Waals surface area contributed by atoms with Crippen molar-refractivity contribution in [2.75, 3.05) is 5.32 Å². The van der Waals surface area contributed by atoms with Crippen molar-refractivity contribution >= 4 is 5.95 Å². The molecular formula is C15H17N3. The van der Waals surface area contributed by atoms with Crippen molar-refractivity contribution in [3.05, 3.63) is 47.8 Å². The zero-order chi connectivity index (χ0) is 11.9. The van der Waals surface area contributed by atoms with Gasteiger partial charge in [0.15, 0.2) is 0 Å². The Morgan fingerprint density at radius 3 is 2.94 bits per heavy atom. The van der Waals surface area contributed by atoms with Gasteiger partial charge in [-0.2, -0.15) is 0 Å². The molecule has 1 aromatic carbocycles. The highest BCUT2D eigenvalue weighted by molar-refractivity contribution is 5.39. The third kappa shape index (κ3) is 1.62. The fraction of sp³-hybridized carbons (Fsp3) is 0.400. The van der Waals surface area contributed by atoms with Crippen LogP contribution in [0.25, 0.3) is 0 Å². The van der Waals surface area contributed by atoms with Gasteiger partial charge in [0.05, 0.1) is 6.04 Å². The molecule has 0 saturated heterocycles. The molecule has 0 amide bonds. The van der Waals surface area contributed by atoms with E-state index < -0.39 is 0 Å². The molecule has 1 unspecified atom stereocenters. The van der Waals surface area contributed by atoms with Gasteiger partial charge in [-0.3, -0.25) is 0 Å². The van der Waals surface area contributed by atoms with Gasteiger partial charge in [0.1, 0.15) is 0 Å². The lowest BCUT2D eigenvalue weighted by Gasteiger charge is -2.17. The summed E-state index contributed by atoms with van der Waals surface area (Å²) < 4.78 is 2.31. The molecule has 0 spiro atoms. The van der Waals surface area contributed by atoms with E-state index in [1.54, 1.807) is 0 Å². The van der Waals surface area contributed by atoms with E-state index in [1.807, 2.05) is 6.20 Å². The molecule has 2 aliphatic rings. The summed E-state index contributed by atoms with van der Waals surface area (Å²) in [5, 5.41) is 3.52. The Morgan fingerprint density at radius 2 is 2.06 bits per heavy atom. The predicted octanol–water partition coefficient (Wildman–Crippen LogP) is 2.99. The molecule has 0 aliphatic heterocycles. The van der Waals surface area contributed by atoms with E-state index in [1.165, 1.54) is 36.8 Å². The first-order valence-electron chi connectivity index (χ1n) is 6.79. The SMILES string of the molecule is c1ccc2c(c1)CCC2n1ccnc1NC1CC1. The summed E-state index contributed by atoms with van der Waals surface area (Å²) in [5.74, 6) is 1.04. The van der Waals surface area contributed by atoms with Gasteiger partial charge >= 0.3 is 0 Å². The first kappa shape index (κ1) is 10.2. The monoisotopic (exact) mass is 239 g/mol. The van der Waals surface area contributed by atoms with Gasteiger partial charge in [-0.05, 0) is 36.8 Å². The number of aromatic nitrogens is 2. The second kappa shape index (κ2) is 3.87. The topological polar surface area (TPSA) is 29.9 Å². The maximum atomic E-state index is 4.47. The van der Waals surface area contributed by atoms with Gasteiger partial charge in [-0.1, -0.05) is 24.3 Å². The molecule has 1 saturated carbocycles. The highest BCUT2D eigenvalue weighted by atomic mass is 15.2.